The summed E-state index contributed by atoms with van der Waals surface area (Å²) in [6.07, 6.45) is 2.65. The Morgan fingerprint density at radius 2 is 1.96 bits per heavy atom. The molecule has 2 aromatic carbocycles. The number of hydrogen-bond acceptors (Lipinski definition) is 6. The van der Waals surface area contributed by atoms with E-state index in [0.29, 0.717) is 6.54 Å². The molecule has 1 aliphatic rings. The summed E-state index contributed by atoms with van der Waals surface area (Å²) in [6.45, 7) is 0.394. The van der Waals surface area contributed by atoms with Crippen LogP contribution in [0.4, 0.5) is 17.1 Å². The number of carbonyl (C=O) groups is 1. The predicted octanol–water partition coefficient (Wildman–Crippen LogP) is 2.39. The number of fused-ring (bicyclic) bond motifs is 1. The van der Waals surface area contributed by atoms with Crippen LogP contribution in [0.3, 0.4) is 0 Å². The quantitative estimate of drug-likeness (QED) is 0.621. The van der Waals surface area contributed by atoms with Crippen LogP contribution >= 0.6 is 0 Å². The van der Waals surface area contributed by atoms with E-state index in [4.69, 9.17) is 0 Å². The van der Waals surface area contributed by atoms with E-state index in [2.05, 4.69) is 5.32 Å². The lowest BCUT2D eigenvalue weighted by molar-refractivity contribution is -0.386. The van der Waals surface area contributed by atoms with Crippen molar-refractivity contribution >= 4 is 32.8 Å². The normalized spacial score (nSPS) is 13.7. The highest BCUT2D eigenvalue weighted by molar-refractivity contribution is 7.90. The number of nitrogens with zero attached hydrogens (tertiary/aromatic N) is 2. The number of para-hydroxylation sites is 2. The Morgan fingerprint density at radius 3 is 2.67 bits per heavy atom. The number of anilines is 2. The molecule has 0 fully saturated rings. The molecule has 0 spiro atoms. The van der Waals surface area contributed by atoms with Crippen LogP contribution in [-0.2, 0) is 21.1 Å². The van der Waals surface area contributed by atoms with Gasteiger partial charge in [0.2, 0.25) is 5.91 Å². The molecule has 0 aromatic heterocycles. The summed E-state index contributed by atoms with van der Waals surface area (Å²) in [7, 11) is -3.78. The Morgan fingerprint density at radius 1 is 1.22 bits per heavy atom. The van der Waals surface area contributed by atoms with Crippen molar-refractivity contribution in [3.63, 3.8) is 0 Å². The van der Waals surface area contributed by atoms with Crippen LogP contribution in [0, 0.1) is 10.1 Å². The second-order valence-electron chi connectivity index (χ2n) is 6.31. The molecule has 3 rings (SSSR count). The maximum absolute atomic E-state index is 12.7. The van der Waals surface area contributed by atoms with Gasteiger partial charge in [-0.05, 0) is 36.6 Å². The van der Waals surface area contributed by atoms with Gasteiger partial charge in [-0.25, -0.2) is 8.42 Å². The van der Waals surface area contributed by atoms with Crippen LogP contribution in [0.15, 0.2) is 47.4 Å². The molecule has 142 valence electrons. The molecule has 1 amide bonds. The minimum atomic E-state index is -3.78. The molecule has 1 heterocycles. The van der Waals surface area contributed by atoms with Crippen LogP contribution in [0.2, 0.25) is 0 Å². The first-order valence-corrected chi connectivity index (χ1v) is 10.3. The first kappa shape index (κ1) is 18.8. The zero-order chi connectivity index (χ0) is 19.6. The Bertz CT molecular complexity index is 1000. The zero-order valence-corrected chi connectivity index (χ0v) is 15.5. The van der Waals surface area contributed by atoms with Gasteiger partial charge in [-0.2, -0.15) is 0 Å². The summed E-state index contributed by atoms with van der Waals surface area (Å²) in [5, 5.41) is 14.1. The summed E-state index contributed by atoms with van der Waals surface area (Å²) >= 11 is 0. The molecule has 0 atom stereocenters. The topological polar surface area (TPSA) is 110 Å². The summed E-state index contributed by atoms with van der Waals surface area (Å²) in [6, 6.07) is 11.6. The molecule has 0 unspecified atom stereocenters. The number of carbonyl (C=O) groups excluding carboxylic acids is 1. The van der Waals surface area contributed by atoms with E-state index in [-0.39, 0.29) is 23.0 Å². The molecular formula is C18H19N3O5S. The molecule has 27 heavy (non-hydrogen) atoms. The number of benzene rings is 2. The van der Waals surface area contributed by atoms with Gasteiger partial charge in [0.15, 0.2) is 9.84 Å². The third kappa shape index (κ3) is 3.92. The second kappa shape index (κ2) is 7.36. The molecule has 8 nitrogen and oxygen atoms in total. The molecule has 1 aliphatic heterocycles. The molecule has 9 heteroatoms. The van der Waals surface area contributed by atoms with Crippen molar-refractivity contribution in [2.75, 3.05) is 29.6 Å². The molecule has 0 saturated heterocycles. The van der Waals surface area contributed by atoms with E-state index in [0.717, 1.165) is 30.3 Å². The summed E-state index contributed by atoms with van der Waals surface area (Å²) in [4.78, 5) is 24.6. The van der Waals surface area contributed by atoms with Crippen LogP contribution in [0.25, 0.3) is 0 Å². The number of hydrogen-bond donors (Lipinski definition) is 1. The molecule has 0 saturated carbocycles. The number of amides is 1. The fourth-order valence-corrected chi connectivity index (χ4v) is 4.07. The fraction of sp³-hybridized carbons (Fsp3) is 0.278. The Kier molecular flexibility index (Phi) is 5.13. The van der Waals surface area contributed by atoms with Crippen LogP contribution in [0.1, 0.15) is 12.0 Å². The van der Waals surface area contributed by atoms with Crippen molar-refractivity contribution in [3.05, 3.63) is 58.1 Å². The monoisotopic (exact) mass is 389 g/mol. The maximum atomic E-state index is 12.7. The smallest absolute Gasteiger partial charge is 0.310 e. The fourth-order valence-electron chi connectivity index (χ4n) is 3.21. The van der Waals surface area contributed by atoms with Crippen molar-refractivity contribution < 1.29 is 18.1 Å². The van der Waals surface area contributed by atoms with Gasteiger partial charge in [0.1, 0.15) is 10.6 Å². The molecule has 2 aromatic rings. The summed E-state index contributed by atoms with van der Waals surface area (Å²) in [5.74, 6) is -0.235. The minimum absolute atomic E-state index is 0.00145. The van der Waals surface area contributed by atoms with Gasteiger partial charge in [0.25, 0.3) is 0 Å². The highest BCUT2D eigenvalue weighted by Gasteiger charge is 2.27. The Balaban J connectivity index is 1.84. The lowest BCUT2D eigenvalue weighted by Gasteiger charge is -2.29. The van der Waals surface area contributed by atoms with Crippen molar-refractivity contribution in [3.8, 4) is 0 Å². The van der Waals surface area contributed by atoms with Crippen LogP contribution in [0.5, 0.6) is 0 Å². The van der Waals surface area contributed by atoms with Crippen LogP contribution < -0.4 is 10.2 Å². The van der Waals surface area contributed by atoms with E-state index in [1.54, 1.807) is 4.90 Å². The molecular weight excluding hydrogens is 370 g/mol. The first-order chi connectivity index (χ1) is 12.8. The number of aryl methyl sites for hydroxylation is 1. The average molecular weight is 389 g/mol. The maximum Gasteiger partial charge on any atom is 0.310 e. The van der Waals surface area contributed by atoms with Crippen molar-refractivity contribution in [2.45, 2.75) is 17.7 Å². The molecule has 0 bridgehead atoms. The van der Waals surface area contributed by atoms with Gasteiger partial charge in [0, 0.05) is 18.5 Å². The number of nitrogens with one attached hydrogen (secondary N) is 1. The third-order valence-corrected chi connectivity index (χ3v) is 5.55. The SMILES string of the molecule is CS(=O)(=O)c1cccc(NCC(=O)N2CCCc3ccccc32)c1[N+](=O)[O-]. The minimum Gasteiger partial charge on any atom is -0.370 e. The first-order valence-electron chi connectivity index (χ1n) is 8.38. The Labute approximate surface area is 156 Å². The number of rotatable bonds is 5. The number of nitro benzene ring substituents is 1. The average Bonchev–Trinajstić information content (AvgIpc) is 2.64. The zero-order valence-electron chi connectivity index (χ0n) is 14.7. The van der Waals surface area contributed by atoms with Gasteiger partial charge in [-0.1, -0.05) is 24.3 Å². The lowest BCUT2D eigenvalue weighted by Crippen LogP contribution is -2.39. The van der Waals surface area contributed by atoms with Gasteiger partial charge >= 0.3 is 5.69 Å². The Hall–Kier alpha value is -2.94. The van der Waals surface area contributed by atoms with Gasteiger partial charge in [0.05, 0.1) is 11.5 Å². The molecule has 1 N–H and O–H groups in total. The van der Waals surface area contributed by atoms with E-state index >= 15 is 0 Å². The highest BCUT2D eigenvalue weighted by Crippen LogP contribution is 2.32. The van der Waals surface area contributed by atoms with E-state index in [1.165, 1.54) is 18.2 Å². The van der Waals surface area contributed by atoms with E-state index < -0.39 is 20.4 Å². The number of sulfone groups is 1. The predicted molar refractivity (Wildman–Crippen MR) is 102 cm³/mol. The van der Waals surface area contributed by atoms with Gasteiger partial charge in [-0.3, -0.25) is 14.9 Å². The summed E-state index contributed by atoms with van der Waals surface area (Å²) < 4.78 is 23.7. The lowest BCUT2D eigenvalue weighted by atomic mass is 10.0. The van der Waals surface area contributed by atoms with E-state index in [1.807, 2.05) is 24.3 Å². The highest BCUT2D eigenvalue weighted by atomic mass is 32.2. The summed E-state index contributed by atoms with van der Waals surface area (Å²) in [5.41, 5.74) is 1.38. The standard InChI is InChI=1S/C18H19N3O5S/c1-27(25,26)16-10-4-8-14(18(16)21(23)24)19-12-17(22)20-11-5-7-13-6-2-3-9-15(13)20/h2-4,6,8-10,19H,5,7,11-12H2,1H3. The molecule has 0 aliphatic carbocycles. The van der Waals surface area contributed by atoms with Gasteiger partial charge in [-0.15, -0.1) is 0 Å². The second-order valence-corrected chi connectivity index (χ2v) is 8.30. The van der Waals surface area contributed by atoms with E-state index in [9.17, 15) is 23.3 Å². The van der Waals surface area contributed by atoms with Crippen molar-refractivity contribution in [2.24, 2.45) is 0 Å². The third-order valence-electron chi connectivity index (χ3n) is 4.42. The largest absolute Gasteiger partial charge is 0.370 e. The number of nitro groups is 1. The molecule has 0 radical (unpaired) electrons. The van der Waals surface area contributed by atoms with Gasteiger partial charge < -0.3 is 10.2 Å². The van der Waals surface area contributed by atoms with Crippen molar-refractivity contribution in [1.82, 2.24) is 0 Å². The van der Waals surface area contributed by atoms with Crippen LogP contribution in [-0.4, -0.2) is 38.6 Å². The van der Waals surface area contributed by atoms with Crippen molar-refractivity contribution in [1.29, 1.82) is 0 Å².